The Kier molecular flexibility index (Phi) is 8.56. The summed E-state index contributed by atoms with van der Waals surface area (Å²) in [5.41, 5.74) is 0.286. The molecular formula is C23H28Cl2N2O3. The molecule has 0 fully saturated rings. The van der Waals surface area contributed by atoms with E-state index < -0.39 is 11.6 Å². The maximum Gasteiger partial charge on any atom is 0.261 e. The van der Waals surface area contributed by atoms with Gasteiger partial charge in [-0.2, -0.15) is 0 Å². The molecule has 2 rings (SSSR count). The van der Waals surface area contributed by atoms with Crippen LogP contribution in [0.25, 0.3) is 0 Å². The van der Waals surface area contributed by atoms with Gasteiger partial charge in [0.25, 0.3) is 5.91 Å². The summed E-state index contributed by atoms with van der Waals surface area (Å²) in [5.74, 6) is 0.0615. The van der Waals surface area contributed by atoms with Crippen LogP contribution in [0, 0.1) is 0 Å². The van der Waals surface area contributed by atoms with Gasteiger partial charge in [-0.15, -0.1) is 0 Å². The van der Waals surface area contributed by atoms with Gasteiger partial charge in [-0.1, -0.05) is 54.4 Å². The number of ether oxygens (including phenoxy) is 1. The lowest BCUT2D eigenvalue weighted by atomic mass is 10.1. The molecule has 1 N–H and O–H groups in total. The van der Waals surface area contributed by atoms with E-state index in [2.05, 4.69) is 5.32 Å². The highest BCUT2D eigenvalue weighted by atomic mass is 35.5. The lowest BCUT2D eigenvalue weighted by Gasteiger charge is -2.33. The van der Waals surface area contributed by atoms with E-state index in [-0.39, 0.29) is 25.0 Å². The number of amides is 2. The minimum absolute atomic E-state index is 0.170. The van der Waals surface area contributed by atoms with Crippen molar-refractivity contribution in [3.8, 4) is 5.75 Å². The third-order valence-corrected chi connectivity index (χ3v) is 4.93. The molecule has 0 aliphatic heterocycles. The van der Waals surface area contributed by atoms with Crippen molar-refractivity contribution < 1.29 is 14.3 Å². The van der Waals surface area contributed by atoms with Gasteiger partial charge in [-0.3, -0.25) is 9.59 Å². The van der Waals surface area contributed by atoms with E-state index >= 15 is 0 Å². The number of rotatable bonds is 8. The number of halogens is 2. The van der Waals surface area contributed by atoms with Crippen molar-refractivity contribution in [3.63, 3.8) is 0 Å². The number of carbonyl (C=O) groups is 2. The maximum absolute atomic E-state index is 13.1. The molecule has 0 aliphatic rings. The molecule has 5 nitrogen and oxygen atoms in total. The van der Waals surface area contributed by atoms with Crippen molar-refractivity contribution in [2.45, 2.75) is 52.2 Å². The minimum Gasteiger partial charge on any atom is -0.484 e. The maximum atomic E-state index is 13.1. The molecule has 1 atom stereocenters. The predicted molar refractivity (Wildman–Crippen MR) is 121 cm³/mol. The average molecular weight is 451 g/mol. The van der Waals surface area contributed by atoms with Gasteiger partial charge in [-0.05, 0) is 57.0 Å². The number of nitrogens with zero attached hydrogens (tertiary/aromatic N) is 1. The fraction of sp³-hybridized carbons (Fsp3) is 0.391. The Morgan fingerprint density at radius 2 is 1.77 bits per heavy atom. The van der Waals surface area contributed by atoms with E-state index in [4.69, 9.17) is 27.9 Å². The summed E-state index contributed by atoms with van der Waals surface area (Å²) in [6.45, 7) is 7.56. The zero-order valence-electron chi connectivity index (χ0n) is 17.7. The van der Waals surface area contributed by atoms with Gasteiger partial charge in [0.05, 0.1) is 0 Å². The second-order valence-corrected chi connectivity index (χ2v) is 8.87. The second kappa shape index (κ2) is 10.7. The van der Waals surface area contributed by atoms with E-state index in [0.29, 0.717) is 27.8 Å². The molecule has 0 heterocycles. The molecule has 7 heteroatoms. The molecule has 0 spiro atoms. The van der Waals surface area contributed by atoms with Crippen LogP contribution in [0.2, 0.25) is 10.0 Å². The molecule has 0 unspecified atom stereocenters. The molecule has 2 aromatic carbocycles. The first-order valence-electron chi connectivity index (χ1n) is 9.84. The largest absolute Gasteiger partial charge is 0.484 e. The van der Waals surface area contributed by atoms with Crippen LogP contribution in [0.15, 0.2) is 48.5 Å². The van der Waals surface area contributed by atoms with E-state index in [0.717, 1.165) is 0 Å². The molecule has 0 aliphatic carbocycles. The Bertz CT molecular complexity index is 866. The molecule has 0 saturated carbocycles. The van der Waals surface area contributed by atoms with Crippen molar-refractivity contribution in [2.75, 3.05) is 6.61 Å². The summed E-state index contributed by atoms with van der Waals surface area (Å²) in [5, 5.41) is 3.91. The number of carbonyl (C=O) groups excluding carboxylic acids is 2. The van der Waals surface area contributed by atoms with Crippen LogP contribution in [0.5, 0.6) is 5.75 Å². The first-order chi connectivity index (χ1) is 14.1. The average Bonchev–Trinajstić information content (AvgIpc) is 2.67. The second-order valence-electron chi connectivity index (χ2n) is 8.02. The molecule has 2 aromatic rings. The van der Waals surface area contributed by atoms with Crippen LogP contribution in [0.4, 0.5) is 0 Å². The standard InChI is InChI=1S/C23H28Cl2N2O3/c1-5-20(22(29)26-23(2,3)4)27(14-16-11-12-17(24)13-19(16)25)21(28)15-30-18-9-7-6-8-10-18/h6-13,20H,5,14-15H2,1-4H3,(H,26,29)/t20-/m1/s1. The summed E-state index contributed by atoms with van der Waals surface area (Å²) in [4.78, 5) is 27.6. The molecule has 2 amide bonds. The summed E-state index contributed by atoms with van der Waals surface area (Å²) >= 11 is 12.3. The SMILES string of the molecule is CC[C@H](C(=O)NC(C)(C)C)N(Cc1ccc(Cl)cc1Cl)C(=O)COc1ccccc1. The summed E-state index contributed by atoms with van der Waals surface area (Å²) in [6.07, 6.45) is 0.449. The topological polar surface area (TPSA) is 58.6 Å². The quantitative estimate of drug-likeness (QED) is 0.608. The van der Waals surface area contributed by atoms with E-state index in [1.165, 1.54) is 4.90 Å². The van der Waals surface area contributed by atoms with Gasteiger partial charge in [-0.25, -0.2) is 0 Å². The number of hydrogen-bond donors (Lipinski definition) is 1. The van der Waals surface area contributed by atoms with Crippen LogP contribution in [-0.4, -0.2) is 34.9 Å². The van der Waals surface area contributed by atoms with Gasteiger partial charge in [0.15, 0.2) is 6.61 Å². The van der Waals surface area contributed by atoms with Gasteiger partial charge in [0.1, 0.15) is 11.8 Å². The van der Waals surface area contributed by atoms with Crippen molar-refractivity contribution in [2.24, 2.45) is 0 Å². The smallest absolute Gasteiger partial charge is 0.261 e. The number of hydrogen-bond acceptors (Lipinski definition) is 3. The molecular weight excluding hydrogens is 423 g/mol. The van der Waals surface area contributed by atoms with E-state index in [1.54, 1.807) is 30.3 Å². The zero-order chi connectivity index (χ0) is 22.3. The fourth-order valence-corrected chi connectivity index (χ4v) is 3.42. The predicted octanol–water partition coefficient (Wildman–Crippen LogP) is 5.09. The minimum atomic E-state index is -0.664. The zero-order valence-corrected chi connectivity index (χ0v) is 19.3. The molecule has 0 radical (unpaired) electrons. The Morgan fingerprint density at radius 3 is 2.33 bits per heavy atom. The molecule has 30 heavy (non-hydrogen) atoms. The van der Waals surface area contributed by atoms with E-state index in [1.807, 2.05) is 45.9 Å². The molecule has 0 saturated heterocycles. The molecule has 0 aromatic heterocycles. The summed E-state index contributed by atoms with van der Waals surface area (Å²) in [6, 6.07) is 13.5. The van der Waals surface area contributed by atoms with Gasteiger partial charge in [0.2, 0.25) is 5.91 Å². The Hall–Kier alpha value is -2.24. The lowest BCUT2D eigenvalue weighted by molar-refractivity contribution is -0.143. The number of para-hydroxylation sites is 1. The first kappa shape index (κ1) is 24.0. The highest BCUT2D eigenvalue weighted by molar-refractivity contribution is 6.35. The van der Waals surface area contributed by atoms with E-state index in [9.17, 15) is 9.59 Å². The Balaban J connectivity index is 2.27. The van der Waals surface area contributed by atoms with Crippen molar-refractivity contribution in [3.05, 3.63) is 64.1 Å². The normalized spacial score (nSPS) is 12.2. The lowest BCUT2D eigenvalue weighted by Crippen LogP contribution is -2.54. The Labute approximate surface area is 188 Å². The third kappa shape index (κ3) is 7.22. The molecule has 162 valence electrons. The monoisotopic (exact) mass is 450 g/mol. The highest BCUT2D eigenvalue weighted by Gasteiger charge is 2.31. The summed E-state index contributed by atoms with van der Waals surface area (Å²) < 4.78 is 5.63. The fourth-order valence-electron chi connectivity index (χ4n) is 2.95. The van der Waals surface area contributed by atoms with Crippen LogP contribution >= 0.6 is 23.2 Å². The molecule has 0 bridgehead atoms. The van der Waals surface area contributed by atoms with Crippen molar-refractivity contribution >= 4 is 35.0 Å². The third-order valence-electron chi connectivity index (χ3n) is 4.35. The van der Waals surface area contributed by atoms with Crippen LogP contribution < -0.4 is 10.1 Å². The Morgan fingerprint density at radius 1 is 1.10 bits per heavy atom. The number of benzene rings is 2. The van der Waals surface area contributed by atoms with Crippen LogP contribution in [0.1, 0.15) is 39.7 Å². The van der Waals surface area contributed by atoms with Gasteiger partial charge < -0.3 is 15.0 Å². The van der Waals surface area contributed by atoms with Crippen molar-refractivity contribution in [1.29, 1.82) is 0 Å². The summed E-state index contributed by atoms with van der Waals surface area (Å²) in [7, 11) is 0. The van der Waals surface area contributed by atoms with Gasteiger partial charge in [0, 0.05) is 22.1 Å². The van der Waals surface area contributed by atoms with Crippen molar-refractivity contribution in [1.82, 2.24) is 10.2 Å². The van der Waals surface area contributed by atoms with Crippen LogP contribution in [0.3, 0.4) is 0 Å². The number of nitrogens with one attached hydrogen (secondary N) is 1. The van der Waals surface area contributed by atoms with Crippen LogP contribution in [-0.2, 0) is 16.1 Å². The van der Waals surface area contributed by atoms with Gasteiger partial charge >= 0.3 is 0 Å². The highest BCUT2D eigenvalue weighted by Crippen LogP contribution is 2.24. The first-order valence-corrected chi connectivity index (χ1v) is 10.6.